The van der Waals surface area contributed by atoms with Gasteiger partial charge in [0.15, 0.2) is 0 Å². The van der Waals surface area contributed by atoms with E-state index in [0.717, 1.165) is 31.5 Å². The Hall–Kier alpha value is -0.120. The van der Waals surface area contributed by atoms with Crippen LogP contribution in [0.2, 0.25) is 0 Å². The fourth-order valence-corrected chi connectivity index (χ4v) is 4.02. The third-order valence-corrected chi connectivity index (χ3v) is 5.35. The lowest BCUT2D eigenvalue weighted by atomic mass is 9.76. The minimum atomic E-state index is 0.474. The molecule has 3 nitrogen and oxygen atoms in total. The van der Waals surface area contributed by atoms with Crippen LogP contribution in [0.4, 0.5) is 0 Å². The molecule has 2 fully saturated rings. The summed E-state index contributed by atoms with van der Waals surface area (Å²) < 4.78 is 5.82. The van der Waals surface area contributed by atoms with Crippen LogP contribution in [0.3, 0.4) is 0 Å². The van der Waals surface area contributed by atoms with E-state index < -0.39 is 0 Å². The maximum Gasteiger partial charge on any atom is 0.0702 e. The van der Waals surface area contributed by atoms with Crippen molar-refractivity contribution in [1.82, 2.24) is 10.2 Å². The minimum Gasteiger partial charge on any atom is -0.377 e. The Bertz CT molecular complexity index is 276. The van der Waals surface area contributed by atoms with Crippen molar-refractivity contribution in [1.29, 1.82) is 0 Å². The molecule has 0 amide bonds. The lowest BCUT2D eigenvalue weighted by molar-refractivity contribution is 0.0401. The van der Waals surface area contributed by atoms with Gasteiger partial charge in [0, 0.05) is 25.2 Å². The Morgan fingerprint density at radius 1 is 1.25 bits per heavy atom. The molecular weight excluding hydrogens is 248 g/mol. The zero-order valence-corrected chi connectivity index (χ0v) is 13.9. The highest BCUT2D eigenvalue weighted by Crippen LogP contribution is 2.33. The molecule has 1 aliphatic heterocycles. The van der Waals surface area contributed by atoms with E-state index in [1.165, 1.54) is 32.1 Å². The topological polar surface area (TPSA) is 24.5 Å². The van der Waals surface area contributed by atoms with Gasteiger partial charge < -0.3 is 10.1 Å². The van der Waals surface area contributed by atoms with Crippen molar-refractivity contribution in [3.63, 3.8) is 0 Å². The number of likely N-dealkylation sites (N-methyl/N-ethyl adjacent to an activating group) is 2. The predicted octanol–water partition coefficient (Wildman–Crippen LogP) is 2.90. The number of rotatable bonds is 6. The third kappa shape index (κ3) is 4.19. The zero-order chi connectivity index (χ0) is 14.5. The van der Waals surface area contributed by atoms with E-state index in [4.69, 9.17) is 4.74 Å². The van der Waals surface area contributed by atoms with Crippen LogP contribution in [-0.4, -0.2) is 49.8 Å². The molecule has 2 rings (SSSR count). The summed E-state index contributed by atoms with van der Waals surface area (Å²) in [7, 11) is 2.30. The van der Waals surface area contributed by atoms with Crippen LogP contribution in [-0.2, 0) is 4.74 Å². The van der Waals surface area contributed by atoms with Gasteiger partial charge in [0.1, 0.15) is 0 Å². The van der Waals surface area contributed by atoms with E-state index in [2.05, 4.69) is 38.0 Å². The van der Waals surface area contributed by atoms with Gasteiger partial charge in [-0.05, 0) is 57.5 Å². The first-order valence-corrected chi connectivity index (χ1v) is 8.67. The summed E-state index contributed by atoms with van der Waals surface area (Å²) in [4.78, 5) is 2.58. The zero-order valence-electron chi connectivity index (χ0n) is 13.9. The monoisotopic (exact) mass is 282 g/mol. The van der Waals surface area contributed by atoms with E-state index in [-0.39, 0.29) is 0 Å². The molecule has 1 saturated heterocycles. The van der Waals surface area contributed by atoms with Crippen molar-refractivity contribution in [2.75, 3.05) is 26.7 Å². The molecule has 0 bridgehead atoms. The van der Waals surface area contributed by atoms with E-state index in [1.807, 2.05) is 0 Å². The van der Waals surface area contributed by atoms with Gasteiger partial charge >= 0.3 is 0 Å². The summed E-state index contributed by atoms with van der Waals surface area (Å²) in [6.45, 7) is 10.2. The highest BCUT2D eigenvalue weighted by Gasteiger charge is 2.34. The first kappa shape index (κ1) is 16.3. The lowest BCUT2D eigenvalue weighted by Crippen LogP contribution is -2.53. The molecule has 0 aromatic carbocycles. The molecule has 1 N–H and O–H groups in total. The molecule has 2 aliphatic rings. The number of nitrogens with one attached hydrogen (secondary N) is 1. The first-order valence-electron chi connectivity index (χ1n) is 8.67. The summed E-state index contributed by atoms with van der Waals surface area (Å²) in [5, 5.41) is 3.72. The molecule has 118 valence electrons. The normalized spacial score (nSPS) is 35.1. The number of nitrogens with zero attached hydrogens (tertiary/aromatic N) is 1. The van der Waals surface area contributed by atoms with Gasteiger partial charge in [-0.3, -0.25) is 4.90 Å². The average molecular weight is 282 g/mol. The predicted molar refractivity (Wildman–Crippen MR) is 85.0 cm³/mol. The maximum absolute atomic E-state index is 5.82. The van der Waals surface area contributed by atoms with E-state index in [0.29, 0.717) is 18.2 Å². The molecule has 1 saturated carbocycles. The second kappa shape index (κ2) is 7.77. The number of hydrogen-bond acceptors (Lipinski definition) is 3. The van der Waals surface area contributed by atoms with Gasteiger partial charge in [0.2, 0.25) is 0 Å². The summed E-state index contributed by atoms with van der Waals surface area (Å²) in [5.41, 5.74) is 0. The van der Waals surface area contributed by atoms with E-state index in [9.17, 15) is 0 Å². The van der Waals surface area contributed by atoms with Gasteiger partial charge in [0.05, 0.1) is 6.10 Å². The van der Waals surface area contributed by atoms with Crippen LogP contribution in [0.5, 0.6) is 0 Å². The van der Waals surface area contributed by atoms with Crippen LogP contribution in [0, 0.1) is 11.8 Å². The van der Waals surface area contributed by atoms with Crippen molar-refractivity contribution in [2.45, 2.75) is 71.1 Å². The summed E-state index contributed by atoms with van der Waals surface area (Å²) in [6.07, 6.45) is 7.03. The molecule has 0 radical (unpaired) electrons. The number of ether oxygens (including phenoxy) is 1. The molecule has 4 unspecified atom stereocenters. The Kier molecular flexibility index (Phi) is 6.31. The highest BCUT2D eigenvalue weighted by atomic mass is 16.5. The maximum atomic E-state index is 5.82. The summed E-state index contributed by atoms with van der Waals surface area (Å²) in [6, 6.07) is 1.35. The second-order valence-corrected chi connectivity index (χ2v) is 7.12. The molecule has 3 heteroatoms. The number of hydrogen-bond donors (Lipinski definition) is 1. The Morgan fingerprint density at radius 3 is 2.65 bits per heavy atom. The van der Waals surface area contributed by atoms with Gasteiger partial charge in [-0.25, -0.2) is 0 Å². The Morgan fingerprint density at radius 2 is 2.05 bits per heavy atom. The van der Waals surface area contributed by atoms with E-state index >= 15 is 0 Å². The molecule has 0 spiro atoms. The second-order valence-electron chi connectivity index (χ2n) is 7.12. The SMILES string of the molecule is CCNC1CCC(C(C)C)CC1N(C)CC1CCCO1. The quantitative estimate of drug-likeness (QED) is 0.811. The highest BCUT2D eigenvalue weighted by molar-refractivity contribution is 4.91. The van der Waals surface area contributed by atoms with Crippen molar-refractivity contribution < 1.29 is 4.74 Å². The van der Waals surface area contributed by atoms with Crippen molar-refractivity contribution in [3.05, 3.63) is 0 Å². The molecule has 1 aliphatic carbocycles. The van der Waals surface area contributed by atoms with Gasteiger partial charge in [-0.2, -0.15) is 0 Å². The Labute approximate surface area is 125 Å². The van der Waals surface area contributed by atoms with Crippen LogP contribution >= 0.6 is 0 Å². The van der Waals surface area contributed by atoms with Gasteiger partial charge in [-0.15, -0.1) is 0 Å². The van der Waals surface area contributed by atoms with E-state index in [1.54, 1.807) is 0 Å². The van der Waals surface area contributed by atoms with Crippen LogP contribution in [0.15, 0.2) is 0 Å². The Balaban J connectivity index is 1.93. The standard InChI is InChI=1S/C17H34N2O/c1-5-18-16-9-8-14(13(2)3)11-17(16)19(4)12-15-7-6-10-20-15/h13-18H,5-12H2,1-4H3. The molecule has 0 aromatic rings. The fraction of sp³-hybridized carbons (Fsp3) is 1.00. The third-order valence-electron chi connectivity index (χ3n) is 5.35. The smallest absolute Gasteiger partial charge is 0.0702 e. The summed E-state index contributed by atoms with van der Waals surface area (Å²) >= 11 is 0. The summed E-state index contributed by atoms with van der Waals surface area (Å²) in [5.74, 6) is 1.71. The molecule has 1 heterocycles. The van der Waals surface area contributed by atoms with Crippen LogP contribution in [0.25, 0.3) is 0 Å². The molecular formula is C17H34N2O. The first-order chi connectivity index (χ1) is 9.61. The van der Waals surface area contributed by atoms with Crippen molar-refractivity contribution in [2.24, 2.45) is 11.8 Å². The van der Waals surface area contributed by atoms with Gasteiger partial charge in [-0.1, -0.05) is 20.8 Å². The molecule has 20 heavy (non-hydrogen) atoms. The van der Waals surface area contributed by atoms with Crippen LogP contribution < -0.4 is 5.32 Å². The fourth-order valence-electron chi connectivity index (χ4n) is 4.02. The average Bonchev–Trinajstić information content (AvgIpc) is 2.92. The van der Waals surface area contributed by atoms with Crippen molar-refractivity contribution in [3.8, 4) is 0 Å². The molecule has 4 atom stereocenters. The minimum absolute atomic E-state index is 0.474. The molecule has 0 aromatic heterocycles. The van der Waals surface area contributed by atoms with Crippen LogP contribution in [0.1, 0.15) is 52.9 Å². The lowest BCUT2D eigenvalue weighted by Gasteiger charge is -2.43. The van der Waals surface area contributed by atoms with Crippen molar-refractivity contribution >= 4 is 0 Å². The largest absolute Gasteiger partial charge is 0.377 e. The van der Waals surface area contributed by atoms with Gasteiger partial charge in [0.25, 0.3) is 0 Å².